The first-order valence-electron chi connectivity index (χ1n) is 5.54. The highest BCUT2D eigenvalue weighted by Crippen LogP contribution is 2.06. The number of anilines is 1. The Kier molecular flexibility index (Phi) is 0.302. The summed E-state index contributed by atoms with van der Waals surface area (Å²) in [7, 11) is 0. The maximum Gasteiger partial charge on any atom is 0.0645 e. The minimum atomic E-state index is -2.64. The van der Waals surface area contributed by atoms with Crippen LogP contribution < -0.4 is 5.73 Å². The molecule has 2 N–H and O–H groups in total. The van der Waals surface area contributed by atoms with Crippen molar-refractivity contribution in [3.63, 3.8) is 0 Å². The molecule has 0 heterocycles. The first-order valence-corrected chi connectivity index (χ1v) is 2.04. The second-order valence-corrected chi connectivity index (χ2v) is 1.29. The number of benzene rings is 1. The molecule has 1 rings (SSSR count). The molecule has 8 heavy (non-hydrogen) atoms. The van der Waals surface area contributed by atoms with Gasteiger partial charge in [-0.25, -0.2) is 0 Å². The van der Waals surface area contributed by atoms with Crippen molar-refractivity contribution < 1.29 is 9.60 Å². The third-order valence-corrected chi connectivity index (χ3v) is 0.717. The molecule has 0 saturated heterocycles. The summed E-state index contributed by atoms with van der Waals surface area (Å²) in [6.45, 7) is -2.64. The molecule has 1 nitrogen and oxygen atoms in total. The van der Waals surface area contributed by atoms with Crippen molar-refractivity contribution in [2.45, 2.75) is 6.85 Å². The van der Waals surface area contributed by atoms with Crippen LogP contribution in [0.1, 0.15) is 15.2 Å². The first-order chi connectivity index (χ1) is 6.68. The maximum absolute atomic E-state index is 7.40. The van der Waals surface area contributed by atoms with Gasteiger partial charge in [-0.05, 0) is 18.5 Å². The molecule has 0 fully saturated rings. The highest BCUT2D eigenvalue weighted by molar-refractivity contribution is 5.44. The van der Waals surface area contributed by atoms with E-state index in [0.29, 0.717) is 0 Å². The van der Waals surface area contributed by atoms with Gasteiger partial charge in [0.15, 0.2) is 0 Å². The third-order valence-electron chi connectivity index (χ3n) is 0.717. The molecule has 1 aromatic rings. The zero-order valence-electron chi connectivity index (χ0n) is 11.1. The Bertz CT molecular complexity index is 380. The Labute approximate surface area is 59.0 Å². The molecule has 0 aliphatic rings. The summed E-state index contributed by atoms with van der Waals surface area (Å²) in [6.07, 6.45) is 0. The van der Waals surface area contributed by atoms with Crippen molar-refractivity contribution in [2.75, 3.05) is 5.73 Å². The number of hydrogen-bond donors (Lipinski definition) is 1. The SMILES string of the molecule is [2H]c1c([2H])c([2H])c(C([2H])([2H])[2H])c(N)c1[2H]. The average molecular weight is 114 g/mol. The summed E-state index contributed by atoms with van der Waals surface area (Å²) in [5, 5.41) is 0. The quantitative estimate of drug-likeness (QED) is 0.509. The van der Waals surface area contributed by atoms with E-state index in [2.05, 4.69) is 0 Å². The monoisotopic (exact) mass is 114 g/mol. The Morgan fingerprint density at radius 1 is 1.62 bits per heavy atom. The van der Waals surface area contributed by atoms with E-state index in [1.165, 1.54) is 0 Å². The van der Waals surface area contributed by atoms with E-state index in [4.69, 9.17) is 15.3 Å². The van der Waals surface area contributed by atoms with E-state index in [9.17, 15) is 0 Å². The molecular weight excluding hydrogens is 98.1 g/mol. The highest BCUT2D eigenvalue weighted by Gasteiger charge is 1.84. The van der Waals surface area contributed by atoms with Crippen LogP contribution in [0, 0.1) is 6.85 Å². The Balaban J connectivity index is 3.68. The fourth-order valence-electron chi connectivity index (χ4n) is 0.322. The smallest absolute Gasteiger partial charge is 0.0645 e. The van der Waals surface area contributed by atoms with Gasteiger partial charge in [-0.3, -0.25) is 0 Å². The van der Waals surface area contributed by atoms with Gasteiger partial charge in [0.05, 0.1) is 5.48 Å². The standard InChI is InChI=1S/C7H9N/c1-6-4-2-3-5-7(6)8/h2-5H,8H2,1H3/i1D3,2D,3D,4D,5D. The van der Waals surface area contributed by atoms with E-state index < -0.39 is 42.3 Å². The third kappa shape index (κ3) is 0.808. The molecule has 42 valence electrons. The van der Waals surface area contributed by atoms with Gasteiger partial charge in [0.1, 0.15) is 0 Å². The van der Waals surface area contributed by atoms with Gasteiger partial charge < -0.3 is 5.73 Å². The minimum absolute atomic E-state index is 0.416. The van der Waals surface area contributed by atoms with E-state index in [1.807, 2.05) is 0 Å². The Hall–Kier alpha value is -0.980. The highest BCUT2D eigenvalue weighted by atomic mass is 14.5. The molecule has 0 unspecified atom stereocenters. The summed E-state index contributed by atoms with van der Waals surface area (Å²) in [5.41, 5.74) is 4.43. The molecular formula is C7H9N. The van der Waals surface area contributed by atoms with Crippen LogP contribution in [0.2, 0.25) is 0 Å². The van der Waals surface area contributed by atoms with Crippen molar-refractivity contribution in [1.29, 1.82) is 0 Å². The zero-order chi connectivity index (χ0) is 12.0. The van der Waals surface area contributed by atoms with Crippen LogP contribution in [0.3, 0.4) is 0 Å². The normalized spacial score (nSPS) is 23.2. The lowest BCUT2D eigenvalue weighted by atomic mass is 10.2. The van der Waals surface area contributed by atoms with Crippen LogP contribution in [-0.4, -0.2) is 0 Å². The van der Waals surface area contributed by atoms with Crippen molar-refractivity contribution in [3.8, 4) is 0 Å². The molecule has 1 heteroatoms. The molecule has 1 aromatic carbocycles. The number of nitrogens with two attached hydrogens (primary N) is 1. The van der Waals surface area contributed by atoms with Gasteiger partial charge >= 0.3 is 0 Å². The van der Waals surface area contributed by atoms with E-state index >= 15 is 0 Å². The number of rotatable bonds is 0. The van der Waals surface area contributed by atoms with Crippen LogP contribution >= 0.6 is 0 Å². The van der Waals surface area contributed by atoms with E-state index in [0.717, 1.165) is 0 Å². The van der Waals surface area contributed by atoms with E-state index in [1.54, 1.807) is 0 Å². The number of nitrogen functional groups attached to an aromatic ring is 1. The van der Waals surface area contributed by atoms with Crippen LogP contribution in [0.15, 0.2) is 24.2 Å². The van der Waals surface area contributed by atoms with Crippen LogP contribution in [0.25, 0.3) is 0 Å². The van der Waals surface area contributed by atoms with Gasteiger partial charge in [-0.2, -0.15) is 0 Å². The van der Waals surface area contributed by atoms with Crippen molar-refractivity contribution in [1.82, 2.24) is 0 Å². The summed E-state index contributed by atoms with van der Waals surface area (Å²) in [5.74, 6) is 0. The summed E-state index contributed by atoms with van der Waals surface area (Å²) in [6, 6.07) is -2.22. The number of hydrogen-bond acceptors (Lipinski definition) is 1. The van der Waals surface area contributed by atoms with Crippen molar-refractivity contribution in [2.24, 2.45) is 0 Å². The van der Waals surface area contributed by atoms with Crippen molar-refractivity contribution >= 4 is 5.69 Å². The lowest BCUT2D eigenvalue weighted by Gasteiger charge is -1.93. The average Bonchev–Trinajstić information content (AvgIpc) is 2.09. The molecule has 0 radical (unpaired) electrons. The predicted octanol–water partition coefficient (Wildman–Crippen LogP) is 1.58. The molecule has 0 spiro atoms. The lowest BCUT2D eigenvalue weighted by Crippen LogP contribution is -1.85. The Morgan fingerprint density at radius 2 is 2.38 bits per heavy atom. The van der Waals surface area contributed by atoms with Gasteiger partial charge in [-0.1, -0.05) is 18.1 Å². The summed E-state index contributed by atoms with van der Waals surface area (Å²) >= 11 is 0. The van der Waals surface area contributed by atoms with Crippen LogP contribution in [0.4, 0.5) is 5.69 Å². The molecule has 0 aliphatic carbocycles. The molecule has 0 atom stereocenters. The Morgan fingerprint density at radius 3 is 3.12 bits per heavy atom. The van der Waals surface area contributed by atoms with Gasteiger partial charge in [-0.15, -0.1) is 0 Å². The topological polar surface area (TPSA) is 26.0 Å². The molecule has 0 amide bonds. The fraction of sp³-hybridized carbons (Fsp3) is 0.143. The second kappa shape index (κ2) is 1.86. The largest absolute Gasteiger partial charge is 0.399 e. The molecule has 0 aliphatic heterocycles. The van der Waals surface area contributed by atoms with Crippen molar-refractivity contribution in [3.05, 3.63) is 29.7 Å². The van der Waals surface area contributed by atoms with Crippen LogP contribution in [-0.2, 0) is 0 Å². The lowest BCUT2D eigenvalue weighted by molar-refractivity contribution is 1.47. The molecule has 0 bridgehead atoms. The first kappa shape index (κ1) is 1.29. The zero-order valence-corrected chi connectivity index (χ0v) is 4.08. The fourth-order valence-corrected chi connectivity index (χ4v) is 0.322. The summed E-state index contributed by atoms with van der Waals surface area (Å²) < 4.78 is 50.7. The molecule has 0 saturated carbocycles. The van der Waals surface area contributed by atoms with Crippen LogP contribution in [0.5, 0.6) is 0 Å². The summed E-state index contributed by atoms with van der Waals surface area (Å²) in [4.78, 5) is 0. The second-order valence-electron chi connectivity index (χ2n) is 1.29. The van der Waals surface area contributed by atoms with Gasteiger partial charge in [0.25, 0.3) is 0 Å². The number of para-hydroxylation sites is 1. The predicted molar refractivity (Wildman–Crippen MR) is 35.6 cm³/mol. The maximum atomic E-state index is 7.40. The van der Waals surface area contributed by atoms with Gasteiger partial charge in [0, 0.05) is 9.80 Å². The minimum Gasteiger partial charge on any atom is -0.399 e. The molecule has 0 aromatic heterocycles. The van der Waals surface area contributed by atoms with E-state index in [-0.39, 0.29) is 0 Å². The van der Waals surface area contributed by atoms with Gasteiger partial charge in [0.2, 0.25) is 0 Å².